The highest BCUT2D eigenvalue weighted by Crippen LogP contribution is 2.46. The minimum atomic E-state index is 0.884. The number of fused-ring (bicyclic) bond motifs is 9. The molecule has 276 valence electrons. The molecule has 0 radical (unpaired) electrons. The van der Waals surface area contributed by atoms with Crippen LogP contribution in [0.1, 0.15) is 0 Å². The summed E-state index contributed by atoms with van der Waals surface area (Å²) in [5, 5.41) is 9.48. The molecule has 0 atom stereocenters. The maximum Gasteiger partial charge on any atom is 0.143 e. The molecule has 3 nitrogen and oxygen atoms in total. The number of hydrogen-bond acceptors (Lipinski definition) is 2. The van der Waals surface area contributed by atoms with Crippen LogP contribution in [0, 0.1) is 0 Å². The molecule has 0 aliphatic heterocycles. The molecular weight excluding hydrogens is 717 g/mol. The molecule has 0 fully saturated rings. The van der Waals surface area contributed by atoms with Gasteiger partial charge in [-0.15, -0.1) is 0 Å². The normalized spacial score (nSPS) is 11.7. The lowest BCUT2D eigenvalue weighted by molar-refractivity contribution is 0.672. The largest absolute Gasteiger partial charge is 0.455 e. The first-order valence-electron chi connectivity index (χ1n) is 20.2. The minimum absolute atomic E-state index is 0.884. The van der Waals surface area contributed by atoms with Crippen molar-refractivity contribution in [3.05, 3.63) is 218 Å². The predicted octanol–water partition coefficient (Wildman–Crippen LogP) is 15.8. The first-order valence-corrected chi connectivity index (χ1v) is 20.2. The fraction of sp³-hybridized carbons (Fsp3) is 0. The van der Waals surface area contributed by atoms with Crippen molar-refractivity contribution in [1.29, 1.82) is 0 Å². The Labute approximate surface area is 341 Å². The van der Waals surface area contributed by atoms with E-state index < -0.39 is 0 Å². The van der Waals surface area contributed by atoms with Gasteiger partial charge in [-0.25, -0.2) is 0 Å². The molecular formula is C56H36N2O. The lowest BCUT2D eigenvalue weighted by Gasteiger charge is -2.30. The fourth-order valence-corrected chi connectivity index (χ4v) is 9.28. The third kappa shape index (κ3) is 5.29. The summed E-state index contributed by atoms with van der Waals surface area (Å²) < 4.78 is 8.99. The van der Waals surface area contributed by atoms with Crippen LogP contribution >= 0.6 is 0 Å². The van der Waals surface area contributed by atoms with Gasteiger partial charge in [-0.3, -0.25) is 0 Å². The smallest absolute Gasteiger partial charge is 0.143 e. The van der Waals surface area contributed by atoms with Crippen molar-refractivity contribution in [2.75, 3.05) is 4.90 Å². The Balaban J connectivity index is 1.09. The Morgan fingerprint density at radius 3 is 1.71 bits per heavy atom. The van der Waals surface area contributed by atoms with Crippen molar-refractivity contribution in [2.24, 2.45) is 0 Å². The highest BCUT2D eigenvalue weighted by molar-refractivity contribution is 6.16. The van der Waals surface area contributed by atoms with E-state index in [1.807, 2.05) is 0 Å². The van der Waals surface area contributed by atoms with Gasteiger partial charge in [-0.1, -0.05) is 158 Å². The number of hydrogen-bond donors (Lipinski definition) is 0. The Morgan fingerprint density at radius 1 is 0.356 bits per heavy atom. The van der Waals surface area contributed by atoms with Gasteiger partial charge in [0.15, 0.2) is 0 Å². The number of para-hydroxylation sites is 5. The van der Waals surface area contributed by atoms with Gasteiger partial charge in [0.25, 0.3) is 0 Å². The molecule has 59 heavy (non-hydrogen) atoms. The van der Waals surface area contributed by atoms with Crippen LogP contribution in [0.4, 0.5) is 17.1 Å². The Morgan fingerprint density at radius 2 is 0.932 bits per heavy atom. The van der Waals surface area contributed by atoms with Gasteiger partial charge < -0.3 is 13.9 Å². The van der Waals surface area contributed by atoms with Crippen molar-refractivity contribution in [1.82, 2.24) is 4.57 Å². The van der Waals surface area contributed by atoms with Crippen molar-refractivity contribution in [2.45, 2.75) is 0 Å². The molecule has 0 aliphatic carbocycles. The molecule has 0 bridgehead atoms. The second kappa shape index (κ2) is 13.4. The van der Waals surface area contributed by atoms with Gasteiger partial charge >= 0.3 is 0 Å². The quantitative estimate of drug-likeness (QED) is 0.169. The summed E-state index contributed by atoms with van der Waals surface area (Å²) in [6, 6.07) is 78.8. The van der Waals surface area contributed by atoms with E-state index >= 15 is 0 Å². The summed E-state index contributed by atoms with van der Waals surface area (Å²) in [6.45, 7) is 0. The topological polar surface area (TPSA) is 21.3 Å². The molecule has 0 amide bonds. The molecule has 12 rings (SSSR count). The third-order valence-corrected chi connectivity index (χ3v) is 12.0. The van der Waals surface area contributed by atoms with Crippen molar-refractivity contribution >= 4 is 82.4 Å². The summed E-state index contributed by atoms with van der Waals surface area (Å²) in [6.07, 6.45) is 0. The number of nitrogens with zero attached hydrogens (tertiary/aromatic N) is 2. The zero-order valence-electron chi connectivity index (χ0n) is 32.1. The van der Waals surface area contributed by atoms with Crippen LogP contribution in [0.25, 0.3) is 93.2 Å². The number of furan rings is 1. The summed E-state index contributed by atoms with van der Waals surface area (Å²) >= 11 is 0. The molecule has 10 aromatic carbocycles. The van der Waals surface area contributed by atoms with Crippen LogP contribution in [-0.4, -0.2) is 4.57 Å². The summed E-state index contributed by atoms with van der Waals surface area (Å²) in [7, 11) is 0. The first-order chi connectivity index (χ1) is 29.3. The molecule has 0 N–H and O–H groups in total. The Bertz CT molecular complexity index is 3510. The van der Waals surface area contributed by atoms with E-state index in [1.165, 1.54) is 49.1 Å². The zero-order chi connectivity index (χ0) is 38.9. The Kier molecular flexibility index (Phi) is 7.54. The molecule has 2 aromatic heterocycles. The summed E-state index contributed by atoms with van der Waals surface area (Å²) in [4.78, 5) is 2.44. The minimum Gasteiger partial charge on any atom is -0.455 e. The van der Waals surface area contributed by atoms with E-state index in [1.54, 1.807) is 0 Å². The average Bonchev–Trinajstić information content (AvgIpc) is 3.85. The van der Waals surface area contributed by atoms with Gasteiger partial charge in [0.05, 0.1) is 28.1 Å². The molecule has 0 unspecified atom stereocenters. The van der Waals surface area contributed by atoms with Crippen LogP contribution in [0.15, 0.2) is 223 Å². The predicted molar refractivity (Wildman–Crippen MR) is 249 cm³/mol. The van der Waals surface area contributed by atoms with Gasteiger partial charge in [0, 0.05) is 38.2 Å². The maximum atomic E-state index is 6.56. The number of benzene rings is 10. The SMILES string of the molecule is c1ccc(N(c2ccc(-c3cccc4ccccc34)cc2)c2ccccc2-n2c3ccccc3c3ccccc32)c(-c2ccc3oc4c5ccccc5ccc4c3c2)c1. The van der Waals surface area contributed by atoms with Crippen molar-refractivity contribution in [3.8, 4) is 27.9 Å². The lowest BCUT2D eigenvalue weighted by atomic mass is 9.97. The standard InChI is InChI=1S/C56H36N2O/c1-3-17-42-37(14-1)16-13-22-43(42)39-28-32-41(33-29-39)57(53-26-11-12-27-54(53)58-51-24-9-6-20-46(51)47-21-7-10-25-52(47)58)50-23-8-5-18-44(50)40-31-35-55-49(36-40)48-34-30-38-15-2-4-19-45(38)56(48)59-55/h1-36H. The summed E-state index contributed by atoms with van der Waals surface area (Å²) in [5.74, 6) is 0. The van der Waals surface area contributed by atoms with Crippen LogP contribution in [0.3, 0.4) is 0 Å². The van der Waals surface area contributed by atoms with Gasteiger partial charge in [-0.2, -0.15) is 0 Å². The zero-order valence-corrected chi connectivity index (χ0v) is 32.1. The lowest BCUT2D eigenvalue weighted by Crippen LogP contribution is -2.14. The maximum absolute atomic E-state index is 6.56. The van der Waals surface area contributed by atoms with Crippen LogP contribution in [0.5, 0.6) is 0 Å². The van der Waals surface area contributed by atoms with Crippen LogP contribution in [0.2, 0.25) is 0 Å². The Hall–Kier alpha value is -7.88. The molecule has 0 saturated carbocycles. The van der Waals surface area contributed by atoms with E-state index in [2.05, 4.69) is 228 Å². The van der Waals surface area contributed by atoms with Crippen LogP contribution in [-0.2, 0) is 0 Å². The molecule has 2 heterocycles. The van der Waals surface area contributed by atoms with Crippen molar-refractivity contribution in [3.63, 3.8) is 0 Å². The van der Waals surface area contributed by atoms with Gasteiger partial charge in [-0.05, 0) is 93.5 Å². The van der Waals surface area contributed by atoms with Crippen molar-refractivity contribution < 1.29 is 4.42 Å². The third-order valence-electron chi connectivity index (χ3n) is 12.0. The van der Waals surface area contributed by atoms with E-state index in [-0.39, 0.29) is 0 Å². The highest BCUT2D eigenvalue weighted by Gasteiger charge is 2.23. The summed E-state index contributed by atoms with van der Waals surface area (Å²) in [5.41, 5.74) is 13.1. The average molecular weight is 753 g/mol. The molecule has 12 aromatic rings. The molecule has 3 heteroatoms. The van der Waals surface area contributed by atoms with E-state index in [0.29, 0.717) is 0 Å². The molecule has 0 aliphatic rings. The second-order valence-electron chi connectivity index (χ2n) is 15.3. The van der Waals surface area contributed by atoms with E-state index in [9.17, 15) is 0 Å². The number of rotatable bonds is 6. The van der Waals surface area contributed by atoms with Crippen LogP contribution < -0.4 is 4.90 Å². The number of anilines is 3. The van der Waals surface area contributed by atoms with Gasteiger partial charge in [0.1, 0.15) is 11.2 Å². The fourth-order valence-electron chi connectivity index (χ4n) is 9.28. The van der Waals surface area contributed by atoms with E-state index in [4.69, 9.17) is 4.42 Å². The molecule has 0 spiro atoms. The van der Waals surface area contributed by atoms with Gasteiger partial charge in [0.2, 0.25) is 0 Å². The highest BCUT2D eigenvalue weighted by atomic mass is 16.3. The second-order valence-corrected chi connectivity index (χ2v) is 15.3. The monoisotopic (exact) mass is 752 g/mol. The first kappa shape index (κ1) is 33.3. The molecule has 0 saturated heterocycles. The van der Waals surface area contributed by atoms with E-state index in [0.717, 1.165) is 61.2 Å². The number of aromatic nitrogens is 1.